The topological polar surface area (TPSA) is 84.5 Å². The van der Waals surface area contributed by atoms with Crippen LogP contribution in [0.15, 0.2) is 0 Å². The van der Waals surface area contributed by atoms with Crippen molar-refractivity contribution in [1.82, 2.24) is 10.6 Å². The molecule has 0 saturated carbocycles. The lowest BCUT2D eigenvalue weighted by Crippen LogP contribution is -2.48. The predicted molar refractivity (Wildman–Crippen MR) is 67.0 cm³/mol. The number of hydrogen-bond donors (Lipinski definition) is 2. The van der Waals surface area contributed by atoms with Crippen LogP contribution in [0.25, 0.3) is 0 Å². The van der Waals surface area contributed by atoms with Crippen LogP contribution in [0.4, 0.5) is 0 Å². The maximum atomic E-state index is 11.8. The lowest BCUT2D eigenvalue weighted by Gasteiger charge is -2.26. The molecule has 2 fully saturated rings. The highest BCUT2D eigenvalue weighted by molar-refractivity contribution is 7.91. The van der Waals surface area contributed by atoms with Gasteiger partial charge >= 0.3 is 0 Å². The standard InChI is InChI=1S/C11H20N2O4S/c14-11(13-9-1-4-17-5-2-9)7-10-8-18(15,16)6-3-12-10/h9-10,12H,1-8H2,(H,13,14). The fraction of sp³-hybridized carbons (Fsp3) is 0.909. The van der Waals surface area contributed by atoms with E-state index >= 15 is 0 Å². The molecule has 0 aliphatic carbocycles. The van der Waals surface area contributed by atoms with Crippen LogP contribution in [-0.4, -0.2) is 57.7 Å². The van der Waals surface area contributed by atoms with Crippen LogP contribution < -0.4 is 10.6 Å². The summed E-state index contributed by atoms with van der Waals surface area (Å²) >= 11 is 0. The molecule has 1 amide bonds. The SMILES string of the molecule is O=C(CC1CS(=O)(=O)CCN1)NC1CCOCC1. The van der Waals surface area contributed by atoms with Crippen molar-refractivity contribution in [2.45, 2.75) is 31.3 Å². The van der Waals surface area contributed by atoms with Crippen molar-refractivity contribution >= 4 is 15.7 Å². The summed E-state index contributed by atoms with van der Waals surface area (Å²) in [4.78, 5) is 11.8. The minimum absolute atomic E-state index is 0.0637. The Labute approximate surface area is 107 Å². The zero-order chi connectivity index (χ0) is 13.0. The van der Waals surface area contributed by atoms with Gasteiger partial charge < -0.3 is 15.4 Å². The van der Waals surface area contributed by atoms with E-state index in [1.807, 2.05) is 0 Å². The van der Waals surface area contributed by atoms with Gasteiger partial charge in [0, 0.05) is 38.3 Å². The van der Waals surface area contributed by atoms with Crippen molar-refractivity contribution in [1.29, 1.82) is 0 Å². The van der Waals surface area contributed by atoms with Crippen LogP contribution in [0.3, 0.4) is 0 Å². The van der Waals surface area contributed by atoms with E-state index < -0.39 is 9.84 Å². The molecule has 0 spiro atoms. The predicted octanol–water partition coefficient (Wildman–Crippen LogP) is -0.942. The summed E-state index contributed by atoms with van der Waals surface area (Å²) in [7, 11) is -2.97. The van der Waals surface area contributed by atoms with E-state index in [2.05, 4.69) is 10.6 Å². The minimum atomic E-state index is -2.97. The number of rotatable bonds is 3. The third-order valence-electron chi connectivity index (χ3n) is 3.32. The second kappa shape index (κ2) is 5.99. The number of carbonyl (C=O) groups is 1. The molecule has 18 heavy (non-hydrogen) atoms. The number of amides is 1. The lowest BCUT2D eigenvalue weighted by atomic mass is 10.1. The first-order chi connectivity index (χ1) is 8.55. The normalized spacial score (nSPS) is 28.8. The van der Waals surface area contributed by atoms with Crippen molar-refractivity contribution in [3.05, 3.63) is 0 Å². The molecule has 0 aromatic rings. The van der Waals surface area contributed by atoms with Crippen LogP contribution >= 0.6 is 0 Å². The molecule has 6 nitrogen and oxygen atoms in total. The van der Waals surface area contributed by atoms with Gasteiger partial charge in [0.25, 0.3) is 0 Å². The molecule has 2 aliphatic heterocycles. The highest BCUT2D eigenvalue weighted by Crippen LogP contribution is 2.08. The summed E-state index contributed by atoms with van der Waals surface area (Å²) in [5.74, 6) is 0.163. The zero-order valence-electron chi connectivity index (χ0n) is 10.4. The monoisotopic (exact) mass is 276 g/mol. The number of hydrogen-bond acceptors (Lipinski definition) is 5. The van der Waals surface area contributed by atoms with Gasteiger partial charge in [-0.3, -0.25) is 4.79 Å². The van der Waals surface area contributed by atoms with Gasteiger partial charge in [-0.05, 0) is 12.8 Å². The summed E-state index contributed by atoms with van der Waals surface area (Å²) in [6, 6.07) is -0.0740. The van der Waals surface area contributed by atoms with Crippen molar-refractivity contribution in [3.8, 4) is 0 Å². The number of sulfone groups is 1. The van der Waals surface area contributed by atoms with E-state index in [0.29, 0.717) is 19.8 Å². The summed E-state index contributed by atoms with van der Waals surface area (Å²) in [6.45, 7) is 1.81. The van der Waals surface area contributed by atoms with E-state index in [-0.39, 0.29) is 35.9 Å². The molecule has 1 atom stereocenters. The van der Waals surface area contributed by atoms with E-state index in [9.17, 15) is 13.2 Å². The molecule has 2 rings (SSSR count). The molecule has 7 heteroatoms. The molecule has 0 bridgehead atoms. The van der Waals surface area contributed by atoms with Gasteiger partial charge in [0.15, 0.2) is 9.84 Å². The third-order valence-corrected chi connectivity index (χ3v) is 5.06. The Hall–Kier alpha value is -0.660. The molecular weight excluding hydrogens is 256 g/mol. The maximum absolute atomic E-state index is 11.8. The summed E-state index contributed by atoms with van der Waals surface area (Å²) in [5.41, 5.74) is 0. The van der Waals surface area contributed by atoms with Gasteiger partial charge in [-0.1, -0.05) is 0 Å². The molecular formula is C11H20N2O4S. The average Bonchev–Trinajstić information content (AvgIpc) is 2.28. The van der Waals surface area contributed by atoms with Gasteiger partial charge in [0.2, 0.25) is 5.91 Å². The van der Waals surface area contributed by atoms with Gasteiger partial charge in [-0.25, -0.2) is 8.42 Å². The fourth-order valence-electron chi connectivity index (χ4n) is 2.35. The van der Waals surface area contributed by atoms with Crippen molar-refractivity contribution < 1.29 is 17.9 Å². The van der Waals surface area contributed by atoms with Crippen molar-refractivity contribution in [3.63, 3.8) is 0 Å². The second-order valence-electron chi connectivity index (χ2n) is 4.92. The number of carbonyl (C=O) groups excluding carboxylic acids is 1. The van der Waals surface area contributed by atoms with E-state index in [4.69, 9.17) is 4.74 Å². The Morgan fingerprint density at radius 3 is 2.72 bits per heavy atom. The van der Waals surface area contributed by atoms with Crippen LogP contribution in [-0.2, 0) is 19.4 Å². The van der Waals surface area contributed by atoms with Gasteiger partial charge in [-0.2, -0.15) is 0 Å². The lowest BCUT2D eigenvalue weighted by molar-refractivity contribution is -0.122. The summed E-state index contributed by atoms with van der Waals surface area (Å²) < 4.78 is 28.1. The second-order valence-corrected chi connectivity index (χ2v) is 7.15. The molecule has 104 valence electrons. The van der Waals surface area contributed by atoms with Crippen molar-refractivity contribution in [2.75, 3.05) is 31.3 Å². The van der Waals surface area contributed by atoms with E-state index in [1.165, 1.54) is 0 Å². The Kier molecular flexibility index (Phi) is 4.58. The van der Waals surface area contributed by atoms with E-state index in [1.54, 1.807) is 0 Å². The summed E-state index contributed by atoms with van der Waals surface area (Å²) in [6.07, 6.45) is 1.90. The van der Waals surface area contributed by atoms with Gasteiger partial charge in [0.1, 0.15) is 0 Å². The molecule has 0 radical (unpaired) electrons. The molecule has 2 N–H and O–H groups in total. The van der Waals surface area contributed by atoms with E-state index in [0.717, 1.165) is 12.8 Å². The Morgan fingerprint density at radius 1 is 1.33 bits per heavy atom. The first kappa shape index (κ1) is 13.8. The molecule has 1 unspecified atom stereocenters. The number of nitrogens with one attached hydrogen (secondary N) is 2. The maximum Gasteiger partial charge on any atom is 0.221 e. The first-order valence-corrected chi connectivity index (χ1v) is 8.18. The smallest absolute Gasteiger partial charge is 0.221 e. The Bertz CT molecular complexity index is 390. The molecule has 2 aliphatic rings. The van der Waals surface area contributed by atoms with Crippen LogP contribution in [0.1, 0.15) is 19.3 Å². The highest BCUT2D eigenvalue weighted by Gasteiger charge is 2.26. The van der Waals surface area contributed by atoms with Crippen LogP contribution in [0.5, 0.6) is 0 Å². The van der Waals surface area contributed by atoms with Crippen LogP contribution in [0.2, 0.25) is 0 Å². The quantitative estimate of drug-likeness (QED) is 0.695. The van der Waals surface area contributed by atoms with Crippen molar-refractivity contribution in [2.24, 2.45) is 0 Å². The molecule has 2 heterocycles. The molecule has 2 saturated heterocycles. The zero-order valence-corrected chi connectivity index (χ0v) is 11.2. The average molecular weight is 276 g/mol. The van der Waals surface area contributed by atoms with Gasteiger partial charge in [-0.15, -0.1) is 0 Å². The third kappa shape index (κ3) is 4.22. The Morgan fingerprint density at radius 2 is 2.06 bits per heavy atom. The molecule has 0 aromatic heterocycles. The summed E-state index contributed by atoms with van der Waals surface area (Å²) in [5, 5.41) is 6.02. The van der Waals surface area contributed by atoms with Gasteiger partial charge in [0.05, 0.1) is 11.5 Å². The Balaban J connectivity index is 1.76. The number of ether oxygens (including phenoxy) is 1. The minimum Gasteiger partial charge on any atom is -0.381 e. The highest BCUT2D eigenvalue weighted by atomic mass is 32.2. The van der Waals surface area contributed by atoms with Crippen LogP contribution in [0, 0.1) is 0 Å². The largest absolute Gasteiger partial charge is 0.381 e. The molecule has 0 aromatic carbocycles. The first-order valence-electron chi connectivity index (χ1n) is 6.36. The fourth-order valence-corrected chi connectivity index (χ4v) is 3.80.